The van der Waals surface area contributed by atoms with Crippen LogP contribution in [0.3, 0.4) is 0 Å². The molecule has 1 amide bonds. The van der Waals surface area contributed by atoms with Crippen LogP contribution in [0.25, 0.3) is 0 Å². The van der Waals surface area contributed by atoms with Gasteiger partial charge in [-0.15, -0.1) is 0 Å². The second kappa shape index (κ2) is 11.2. The molecule has 2 aromatic rings. The number of hydrogen-bond donors (Lipinski definition) is 0. The van der Waals surface area contributed by atoms with Gasteiger partial charge in [0.25, 0.3) is 5.91 Å². The fraction of sp³-hybridized carbons (Fsp3) is 0.615. The van der Waals surface area contributed by atoms with Crippen molar-refractivity contribution in [2.45, 2.75) is 70.7 Å². The van der Waals surface area contributed by atoms with Gasteiger partial charge >= 0.3 is 0 Å². The van der Waals surface area contributed by atoms with Gasteiger partial charge in [-0.3, -0.25) is 9.69 Å². The number of aromatic nitrogens is 2. The minimum atomic E-state index is 0.0893. The molecule has 0 saturated carbocycles. The molecule has 7 heteroatoms. The zero-order valence-electron chi connectivity index (χ0n) is 20.3. The Morgan fingerprint density at radius 2 is 2.03 bits per heavy atom. The van der Waals surface area contributed by atoms with Gasteiger partial charge in [-0.05, 0) is 64.3 Å². The van der Waals surface area contributed by atoms with Crippen LogP contribution >= 0.6 is 0 Å². The summed E-state index contributed by atoms with van der Waals surface area (Å²) in [7, 11) is 1.77. The minimum Gasteiger partial charge on any atom is -0.492 e. The Kier molecular flexibility index (Phi) is 8.04. The van der Waals surface area contributed by atoms with Crippen LogP contribution in [-0.2, 0) is 11.3 Å². The molecule has 0 spiro atoms. The average molecular weight is 455 g/mol. The SMILES string of the molecule is CO[C@@H]1CCCN2C(=O)c3cccc(c3)OCCN(Cc3nccn3C(C)C)CCCC[C@H]12. The number of rotatable bonds is 4. The van der Waals surface area contributed by atoms with E-state index < -0.39 is 0 Å². The maximum atomic E-state index is 13.4. The van der Waals surface area contributed by atoms with E-state index in [1.165, 1.54) is 0 Å². The second-order valence-corrected chi connectivity index (χ2v) is 9.47. The Labute approximate surface area is 197 Å². The molecular weight excluding hydrogens is 416 g/mol. The highest BCUT2D eigenvalue weighted by Gasteiger charge is 2.34. The molecule has 1 fully saturated rings. The average Bonchev–Trinajstić information content (AvgIpc) is 3.29. The molecule has 1 aromatic carbocycles. The van der Waals surface area contributed by atoms with Gasteiger partial charge in [0.05, 0.1) is 18.7 Å². The molecule has 0 aliphatic carbocycles. The van der Waals surface area contributed by atoms with Crippen molar-refractivity contribution in [2.24, 2.45) is 0 Å². The summed E-state index contributed by atoms with van der Waals surface area (Å²) < 4.78 is 14.1. The third-order valence-corrected chi connectivity index (χ3v) is 6.93. The first kappa shape index (κ1) is 23.8. The molecule has 7 nitrogen and oxygen atoms in total. The van der Waals surface area contributed by atoms with E-state index in [2.05, 4.69) is 34.5 Å². The van der Waals surface area contributed by atoms with Crippen LogP contribution in [0.4, 0.5) is 0 Å². The topological polar surface area (TPSA) is 59.8 Å². The van der Waals surface area contributed by atoms with Crippen molar-refractivity contribution in [2.75, 3.05) is 33.4 Å². The van der Waals surface area contributed by atoms with Crippen molar-refractivity contribution in [3.63, 3.8) is 0 Å². The summed E-state index contributed by atoms with van der Waals surface area (Å²) >= 11 is 0. The van der Waals surface area contributed by atoms with E-state index in [0.717, 1.165) is 69.9 Å². The molecule has 0 N–H and O–H groups in total. The number of fused-ring (bicyclic) bond motifs is 3. The molecule has 0 radical (unpaired) electrons. The van der Waals surface area contributed by atoms with Gasteiger partial charge in [-0.2, -0.15) is 0 Å². The number of methoxy groups -OCH3 is 1. The van der Waals surface area contributed by atoms with Gasteiger partial charge in [0, 0.05) is 44.2 Å². The van der Waals surface area contributed by atoms with Crippen molar-refractivity contribution >= 4 is 5.91 Å². The zero-order valence-corrected chi connectivity index (χ0v) is 20.3. The normalized spacial score (nSPS) is 23.2. The number of hydrogen-bond acceptors (Lipinski definition) is 5. The molecule has 2 aliphatic heterocycles. The largest absolute Gasteiger partial charge is 0.492 e. The second-order valence-electron chi connectivity index (χ2n) is 9.47. The lowest BCUT2D eigenvalue weighted by atomic mass is 9.93. The molecule has 2 atom stereocenters. The molecule has 3 heterocycles. The van der Waals surface area contributed by atoms with E-state index in [1.54, 1.807) is 7.11 Å². The molecule has 2 aliphatic rings. The van der Waals surface area contributed by atoms with Crippen molar-refractivity contribution in [3.05, 3.63) is 48.0 Å². The van der Waals surface area contributed by atoms with Crippen molar-refractivity contribution in [3.8, 4) is 5.75 Å². The van der Waals surface area contributed by atoms with Crippen molar-refractivity contribution in [1.82, 2.24) is 19.4 Å². The third-order valence-electron chi connectivity index (χ3n) is 6.93. The first-order valence-corrected chi connectivity index (χ1v) is 12.4. The number of carbonyl (C=O) groups excluding carboxylic acids is 1. The molecule has 1 aromatic heterocycles. The van der Waals surface area contributed by atoms with Crippen LogP contribution in [-0.4, -0.2) is 70.8 Å². The first-order valence-electron chi connectivity index (χ1n) is 12.4. The third kappa shape index (κ3) is 5.76. The smallest absolute Gasteiger partial charge is 0.254 e. The van der Waals surface area contributed by atoms with Gasteiger partial charge in [0.15, 0.2) is 0 Å². The molecule has 0 unspecified atom stereocenters. The number of carbonyl (C=O) groups is 1. The van der Waals surface area contributed by atoms with Gasteiger partial charge in [0.2, 0.25) is 0 Å². The summed E-state index contributed by atoms with van der Waals surface area (Å²) in [6.07, 6.45) is 9.14. The summed E-state index contributed by atoms with van der Waals surface area (Å²) in [5.74, 6) is 1.93. The highest BCUT2D eigenvalue weighted by Crippen LogP contribution is 2.27. The summed E-state index contributed by atoms with van der Waals surface area (Å²) in [6.45, 7) is 8.35. The predicted molar refractivity (Wildman–Crippen MR) is 129 cm³/mol. The number of benzene rings is 1. The Bertz CT molecular complexity index is 912. The van der Waals surface area contributed by atoms with E-state index in [0.29, 0.717) is 18.2 Å². The summed E-state index contributed by atoms with van der Waals surface area (Å²) in [5.41, 5.74) is 0.696. The summed E-state index contributed by atoms with van der Waals surface area (Å²) in [4.78, 5) is 22.5. The number of amides is 1. The van der Waals surface area contributed by atoms with Crippen LogP contribution in [0.5, 0.6) is 5.75 Å². The number of nitrogens with zero attached hydrogens (tertiary/aromatic N) is 4. The van der Waals surface area contributed by atoms with Crippen LogP contribution in [0, 0.1) is 0 Å². The lowest BCUT2D eigenvalue weighted by molar-refractivity contribution is -0.0156. The van der Waals surface area contributed by atoms with Gasteiger partial charge in [0.1, 0.15) is 18.2 Å². The van der Waals surface area contributed by atoms with E-state index in [9.17, 15) is 4.79 Å². The maximum absolute atomic E-state index is 13.4. The number of ether oxygens (including phenoxy) is 2. The molecule has 180 valence electrons. The lowest BCUT2D eigenvalue weighted by Gasteiger charge is -2.41. The summed E-state index contributed by atoms with van der Waals surface area (Å²) in [6, 6.07) is 8.14. The van der Waals surface area contributed by atoms with Crippen LogP contribution in [0.1, 0.15) is 68.2 Å². The highest BCUT2D eigenvalue weighted by molar-refractivity contribution is 5.95. The summed E-state index contributed by atoms with van der Waals surface area (Å²) in [5, 5.41) is 0. The molecule has 33 heavy (non-hydrogen) atoms. The fourth-order valence-electron chi connectivity index (χ4n) is 5.16. The number of imidazole rings is 1. The Morgan fingerprint density at radius 1 is 1.15 bits per heavy atom. The first-order chi connectivity index (χ1) is 16.1. The monoisotopic (exact) mass is 454 g/mol. The zero-order chi connectivity index (χ0) is 23.2. The Morgan fingerprint density at radius 3 is 2.85 bits per heavy atom. The van der Waals surface area contributed by atoms with Gasteiger partial charge in [-0.25, -0.2) is 4.98 Å². The van der Waals surface area contributed by atoms with E-state index in [1.807, 2.05) is 35.4 Å². The van der Waals surface area contributed by atoms with Gasteiger partial charge < -0.3 is 18.9 Å². The van der Waals surface area contributed by atoms with Crippen molar-refractivity contribution < 1.29 is 14.3 Å². The molecule has 1 saturated heterocycles. The quantitative estimate of drug-likeness (QED) is 0.695. The molecular formula is C26H38N4O3. The minimum absolute atomic E-state index is 0.0893. The fourth-order valence-corrected chi connectivity index (χ4v) is 5.16. The Hall–Kier alpha value is -2.38. The van der Waals surface area contributed by atoms with Gasteiger partial charge in [-0.1, -0.05) is 12.5 Å². The van der Waals surface area contributed by atoms with Crippen LogP contribution < -0.4 is 4.74 Å². The lowest BCUT2D eigenvalue weighted by Crippen LogP contribution is -2.51. The van der Waals surface area contributed by atoms with Crippen LogP contribution in [0.15, 0.2) is 36.7 Å². The van der Waals surface area contributed by atoms with E-state index in [4.69, 9.17) is 9.47 Å². The maximum Gasteiger partial charge on any atom is 0.254 e. The highest BCUT2D eigenvalue weighted by atomic mass is 16.5. The number of piperidine rings is 1. The standard InChI is InChI=1S/C26H38N4O3/c1-20(2)29-15-12-27-25(29)19-28-13-5-4-10-23-24(32-3)11-7-14-30(23)26(31)21-8-6-9-22(18-21)33-17-16-28/h6,8-9,12,15,18,20,23-24H,4-5,7,10-11,13-14,16-17,19H2,1-3H3/t23-,24-/m1/s1. The molecule has 4 rings (SSSR count). The van der Waals surface area contributed by atoms with Crippen LogP contribution in [0.2, 0.25) is 0 Å². The Balaban J connectivity index is 1.54. The van der Waals surface area contributed by atoms with Crippen molar-refractivity contribution in [1.29, 1.82) is 0 Å². The van der Waals surface area contributed by atoms with E-state index in [-0.39, 0.29) is 18.1 Å². The molecule has 2 bridgehead atoms. The van der Waals surface area contributed by atoms with E-state index >= 15 is 0 Å². The predicted octanol–water partition coefficient (Wildman–Crippen LogP) is 4.15.